The monoisotopic (exact) mass is 120 g/mol. The molecule has 8 heavy (non-hydrogen) atoms. The maximum Gasteiger partial charge on any atom is 0.126 e. The van der Waals surface area contributed by atoms with Crippen LogP contribution in [0.5, 0.6) is 0 Å². The average Bonchev–Trinajstić information content (AvgIpc) is 1.64. The van der Waals surface area contributed by atoms with Crippen LogP contribution in [0.3, 0.4) is 0 Å². The summed E-state index contributed by atoms with van der Waals surface area (Å²) >= 11 is 0. The molecule has 0 radical (unpaired) electrons. The van der Waals surface area contributed by atoms with Gasteiger partial charge in [0.25, 0.3) is 0 Å². The molecule has 0 bridgehead atoms. The molecule has 1 fully saturated rings. The Kier molecular flexibility index (Phi) is 1.81. The summed E-state index contributed by atoms with van der Waals surface area (Å²) in [6.45, 7) is 0.442. The van der Waals surface area contributed by atoms with Gasteiger partial charge in [-0.2, -0.15) is 0 Å². The van der Waals surface area contributed by atoms with E-state index in [2.05, 4.69) is 4.74 Å². The maximum atomic E-state index is 12.1. The molecule has 0 aliphatic carbocycles. The van der Waals surface area contributed by atoms with Crippen LogP contribution in [-0.4, -0.2) is 30.6 Å². The smallest absolute Gasteiger partial charge is 0.126 e. The molecule has 1 aliphatic heterocycles. The minimum atomic E-state index is -0.959. The maximum absolute atomic E-state index is 12.1. The summed E-state index contributed by atoms with van der Waals surface area (Å²) in [6, 6.07) is 0. The van der Waals surface area contributed by atoms with Crippen LogP contribution in [0, 0.1) is 0 Å². The van der Waals surface area contributed by atoms with E-state index >= 15 is 0 Å². The Morgan fingerprint density at radius 3 is 2.62 bits per heavy atom. The average molecular weight is 120 g/mol. The van der Waals surface area contributed by atoms with Crippen molar-refractivity contribution in [1.82, 2.24) is 0 Å². The number of rotatable bonds is 0. The molecular formula is C5H9FO2. The summed E-state index contributed by atoms with van der Waals surface area (Å²) in [5.41, 5.74) is 0. The van der Waals surface area contributed by atoms with Crippen LogP contribution < -0.4 is 0 Å². The van der Waals surface area contributed by atoms with E-state index in [0.717, 1.165) is 0 Å². The molecule has 1 aliphatic rings. The van der Waals surface area contributed by atoms with Gasteiger partial charge in [-0.25, -0.2) is 4.39 Å². The van der Waals surface area contributed by atoms with Gasteiger partial charge in [0.15, 0.2) is 0 Å². The molecule has 0 aromatic carbocycles. The molecule has 2 atom stereocenters. The van der Waals surface area contributed by atoms with Gasteiger partial charge in [0, 0.05) is 6.42 Å². The first-order chi connectivity index (χ1) is 3.79. The van der Waals surface area contributed by atoms with Crippen molar-refractivity contribution in [2.75, 3.05) is 13.2 Å². The molecule has 0 saturated carbocycles. The molecule has 0 amide bonds. The van der Waals surface area contributed by atoms with E-state index < -0.39 is 12.3 Å². The molecule has 48 valence electrons. The van der Waals surface area contributed by atoms with Crippen molar-refractivity contribution in [1.29, 1.82) is 0 Å². The van der Waals surface area contributed by atoms with E-state index in [4.69, 9.17) is 5.11 Å². The van der Waals surface area contributed by atoms with Crippen LogP contribution in [0.2, 0.25) is 0 Å². The lowest BCUT2D eigenvalue weighted by molar-refractivity contribution is -0.0451. The molecule has 3 heteroatoms. The Morgan fingerprint density at radius 2 is 2.25 bits per heavy atom. The van der Waals surface area contributed by atoms with Gasteiger partial charge in [0.1, 0.15) is 6.17 Å². The number of hydrogen-bond donors (Lipinski definition) is 1. The van der Waals surface area contributed by atoms with Gasteiger partial charge in [-0.3, -0.25) is 0 Å². The molecule has 1 rings (SSSR count). The Morgan fingerprint density at radius 1 is 1.50 bits per heavy atom. The van der Waals surface area contributed by atoms with Crippen LogP contribution in [0.15, 0.2) is 0 Å². The molecule has 2 unspecified atom stereocenters. The summed E-state index contributed by atoms with van der Waals surface area (Å²) in [6.07, 6.45) is -1.31. The van der Waals surface area contributed by atoms with Crippen molar-refractivity contribution >= 4 is 0 Å². The number of hydrogen-bond acceptors (Lipinski definition) is 2. The van der Waals surface area contributed by atoms with Gasteiger partial charge in [-0.05, 0) is 0 Å². The third-order valence-electron chi connectivity index (χ3n) is 1.14. The van der Waals surface area contributed by atoms with Gasteiger partial charge in [-0.1, -0.05) is 0 Å². The summed E-state index contributed by atoms with van der Waals surface area (Å²) in [4.78, 5) is 0. The molecule has 2 nitrogen and oxygen atoms in total. The zero-order valence-corrected chi connectivity index (χ0v) is 4.51. The highest BCUT2D eigenvalue weighted by Crippen LogP contribution is 2.09. The lowest BCUT2D eigenvalue weighted by Gasteiger charge is -2.19. The summed E-state index contributed by atoms with van der Waals surface area (Å²) in [7, 11) is 0. The van der Waals surface area contributed by atoms with Crippen molar-refractivity contribution in [3.63, 3.8) is 0 Å². The molecule has 1 heterocycles. The van der Waals surface area contributed by atoms with E-state index in [0.29, 0.717) is 6.61 Å². The third kappa shape index (κ3) is 1.42. The normalized spacial score (nSPS) is 39.8. The van der Waals surface area contributed by atoms with E-state index in [1.807, 2.05) is 0 Å². The quantitative estimate of drug-likeness (QED) is 0.491. The van der Waals surface area contributed by atoms with Crippen molar-refractivity contribution in [3.05, 3.63) is 0 Å². The molecule has 1 N–H and O–H groups in total. The SMILES string of the molecule is OC1COCC(F)C1. The van der Waals surface area contributed by atoms with Crippen LogP contribution in [0.1, 0.15) is 6.42 Å². The second kappa shape index (κ2) is 2.42. The van der Waals surface area contributed by atoms with E-state index in [1.54, 1.807) is 0 Å². The number of aliphatic hydroxyl groups is 1. The topological polar surface area (TPSA) is 29.5 Å². The van der Waals surface area contributed by atoms with Gasteiger partial charge in [-0.15, -0.1) is 0 Å². The van der Waals surface area contributed by atoms with Crippen molar-refractivity contribution in [2.45, 2.75) is 18.7 Å². The van der Waals surface area contributed by atoms with E-state index in [9.17, 15) is 4.39 Å². The molecule has 1 saturated heterocycles. The van der Waals surface area contributed by atoms with Crippen LogP contribution in [0.4, 0.5) is 4.39 Å². The second-order valence-electron chi connectivity index (χ2n) is 2.02. The first-order valence-electron chi connectivity index (χ1n) is 2.69. The first kappa shape index (κ1) is 5.98. The predicted molar refractivity (Wildman–Crippen MR) is 26.3 cm³/mol. The van der Waals surface area contributed by atoms with Crippen LogP contribution in [0.25, 0.3) is 0 Å². The Balaban J connectivity index is 2.23. The Labute approximate surface area is 47.3 Å². The highest BCUT2D eigenvalue weighted by molar-refractivity contribution is 4.67. The summed E-state index contributed by atoms with van der Waals surface area (Å²) in [5.74, 6) is 0. The fourth-order valence-electron chi connectivity index (χ4n) is 0.763. The van der Waals surface area contributed by atoms with Gasteiger partial charge >= 0.3 is 0 Å². The van der Waals surface area contributed by atoms with Gasteiger partial charge < -0.3 is 9.84 Å². The van der Waals surface area contributed by atoms with E-state index in [1.165, 1.54) is 0 Å². The number of aliphatic hydroxyl groups excluding tert-OH is 1. The lowest BCUT2D eigenvalue weighted by atomic mass is 10.1. The predicted octanol–water partition coefficient (Wildman–Crippen LogP) is 0.106. The summed E-state index contributed by atoms with van der Waals surface area (Å²) in [5, 5.41) is 8.71. The molecular weight excluding hydrogens is 111 g/mol. The first-order valence-corrected chi connectivity index (χ1v) is 2.69. The Bertz CT molecular complexity index is 68.8. The van der Waals surface area contributed by atoms with Crippen molar-refractivity contribution in [3.8, 4) is 0 Å². The second-order valence-corrected chi connectivity index (χ2v) is 2.02. The molecule has 0 aromatic heterocycles. The Hall–Kier alpha value is -0.150. The third-order valence-corrected chi connectivity index (χ3v) is 1.14. The summed E-state index contributed by atoms with van der Waals surface area (Å²) < 4.78 is 16.8. The zero-order valence-electron chi connectivity index (χ0n) is 4.51. The van der Waals surface area contributed by atoms with Crippen LogP contribution >= 0.6 is 0 Å². The number of halogens is 1. The number of ether oxygens (including phenoxy) is 1. The fraction of sp³-hybridized carbons (Fsp3) is 1.00. The fourth-order valence-corrected chi connectivity index (χ4v) is 0.763. The standard InChI is InChI=1S/C5H9FO2/c6-4-1-5(7)3-8-2-4/h4-5,7H,1-3H2. The van der Waals surface area contributed by atoms with Crippen molar-refractivity contribution < 1.29 is 14.2 Å². The van der Waals surface area contributed by atoms with Crippen molar-refractivity contribution in [2.24, 2.45) is 0 Å². The lowest BCUT2D eigenvalue weighted by Crippen LogP contribution is -2.30. The highest BCUT2D eigenvalue weighted by atomic mass is 19.1. The van der Waals surface area contributed by atoms with Gasteiger partial charge in [0.05, 0.1) is 19.3 Å². The molecule has 0 aromatic rings. The zero-order chi connectivity index (χ0) is 5.98. The largest absolute Gasteiger partial charge is 0.391 e. The molecule has 0 spiro atoms. The minimum Gasteiger partial charge on any atom is -0.391 e. The highest BCUT2D eigenvalue weighted by Gasteiger charge is 2.19. The van der Waals surface area contributed by atoms with E-state index in [-0.39, 0.29) is 13.0 Å². The van der Waals surface area contributed by atoms with Gasteiger partial charge in [0.2, 0.25) is 0 Å². The van der Waals surface area contributed by atoms with Crippen LogP contribution in [-0.2, 0) is 4.74 Å². The number of alkyl halides is 1. The minimum absolute atomic E-state index is 0.150.